The maximum absolute atomic E-state index is 14.4. The molecule has 0 aliphatic heterocycles. The molecule has 0 bridgehead atoms. The number of esters is 1. The van der Waals surface area contributed by atoms with E-state index in [1.54, 1.807) is 17.4 Å². The number of aryl methyl sites for hydroxylation is 1. The van der Waals surface area contributed by atoms with Crippen LogP contribution in [0.15, 0.2) is 59.0 Å². The van der Waals surface area contributed by atoms with E-state index in [0.717, 1.165) is 32.5 Å². The Morgan fingerprint density at radius 3 is 2.72 bits per heavy atom. The van der Waals surface area contributed by atoms with Crippen LogP contribution in [0.5, 0.6) is 0 Å². The van der Waals surface area contributed by atoms with Crippen LogP contribution in [0.25, 0.3) is 32.7 Å². The molecule has 1 aliphatic rings. The van der Waals surface area contributed by atoms with Crippen molar-refractivity contribution in [2.75, 3.05) is 7.11 Å². The lowest BCUT2D eigenvalue weighted by Gasteiger charge is -2.10. The number of benzene rings is 2. The molecule has 0 spiro atoms. The highest BCUT2D eigenvalue weighted by Gasteiger charge is 2.40. The summed E-state index contributed by atoms with van der Waals surface area (Å²) < 4.78 is 25.5. The molecule has 2 heterocycles. The van der Waals surface area contributed by atoms with Crippen LogP contribution in [0.1, 0.15) is 43.0 Å². The Labute approximate surface area is 190 Å². The Kier molecular flexibility index (Phi) is 5.38. The van der Waals surface area contributed by atoms with E-state index in [9.17, 15) is 9.18 Å². The number of para-hydroxylation sites is 1. The molecular formula is C27H25FO3S. The third-order valence-corrected chi connectivity index (χ3v) is 7.85. The van der Waals surface area contributed by atoms with Crippen LogP contribution < -0.4 is 0 Å². The minimum Gasteiger partial charge on any atom is -0.469 e. The SMILES string of the molecule is COC(=O)CCCc1c(-c2cc(F)ccc2-c2ccc(C3(C)CC3)s2)oc2ccccc12. The van der Waals surface area contributed by atoms with Gasteiger partial charge in [-0.25, -0.2) is 4.39 Å². The second-order valence-corrected chi connectivity index (χ2v) is 9.83. The smallest absolute Gasteiger partial charge is 0.305 e. The summed E-state index contributed by atoms with van der Waals surface area (Å²) in [6, 6.07) is 17.1. The van der Waals surface area contributed by atoms with E-state index < -0.39 is 0 Å². The largest absolute Gasteiger partial charge is 0.469 e. The van der Waals surface area contributed by atoms with Crippen LogP contribution in [-0.4, -0.2) is 13.1 Å². The van der Waals surface area contributed by atoms with Crippen LogP contribution in [0, 0.1) is 5.82 Å². The van der Waals surface area contributed by atoms with Crippen LogP contribution in [-0.2, 0) is 21.4 Å². The fourth-order valence-corrected chi connectivity index (χ4v) is 5.48. The van der Waals surface area contributed by atoms with E-state index in [-0.39, 0.29) is 11.8 Å². The minimum atomic E-state index is -0.296. The van der Waals surface area contributed by atoms with Gasteiger partial charge in [0, 0.05) is 43.7 Å². The number of carbonyl (C=O) groups is 1. The molecule has 5 rings (SSSR count). The summed E-state index contributed by atoms with van der Waals surface area (Å²) in [5.74, 6) is 0.152. The topological polar surface area (TPSA) is 39.4 Å². The third-order valence-electron chi connectivity index (χ3n) is 6.43. The number of thiophene rings is 1. The molecule has 32 heavy (non-hydrogen) atoms. The zero-order valence-corrected chi connectivity index (χ0v) is 19.1. The van der Waals surface area contributed by atoms with Crippen molar-refractivity contribution in [3.8, 4) is 21.8 Å². The maximum Gasteiger partial charge on any atom is 0.305 e. The van der Waals surface area contributed by atoms with E-state index in [1.807, 2.05) is 30.3 Å². The van der Waals surface area contributed by atoms with Gasteiger partial charge in [0.15, 0.2) is 0 Å². The Balaban J connectivity index is 1.60. The van der Waals surface area contributed by atoms with Crippen LogP contribution in [0.3, 0.4) is 0 Å². The van der Waals surface area contributed by atoms with Gasteiger partial charge in [0.25, 0.3) is 0 Å². The zero-order chi connectivity index (χ0) is 22.3. The lowest BCUT2D eigenvalue weighted by atomic mass is 9.96. The van der Waals surface area contributed by atoms with Gasteiger partial charge in [0.1, 0.15) is 17.2 Å². The molecular weight excluding hydrogens is 423 g/mol. The molecule has 5 heteroatoms. The second kappa shape index (κ2) is 8.21. The Hall–Kier alpha value is -2.92. The van der Waals surface area contributed by atoms with Gasteiger partial charge in [-0.1, -0.05) is 25.1 Å². The van der Waals surface area contributed by atoms with Crippen LogP contribution in [0.2, 0.25) is 0 Å². The van der Waals surface area contributed by atoms with Gasteiger partial charge < -0.3 is 9.15 Å². The number of ether oxygens (including phenoxy) is 1. The number of carbonyl (C=O) groups excluding carboxylic acids is 1. The monoisotopic (exact) mass is 448 g/mol. The summed E-state index contributed by atoms with van der Waals surface area (Å²) in [6.45, 7) is 2.30. The predicted molar refractivity (Wildman–Crippen MR) is 126 cm³/mol. The molecule has 2 aromatic heterocycles. The Morgan fingerprint density at radius 2 is 1.94 bits per heavy atom. The fraction of sp³-hybridized carbons (Fsp3) is 0.296. The molecule has 164 valence electrons. The molecule has 0 radical (unpaired) electrons. The molecule has 0 N–H and O–H groups in total. The zero-order valence-electron chi connectivity index (χ0n) is 18.2. The van der Waals surface area contributed by atoms with Gasteiger partial charge in [0.05, 0.1) is 7.11 Å². The summed E-state index contributed by atoms with van der Waals surface area (Å²) in [6.07, 6.45) is 4.05. The van der Waals surface area contributed by atoms with Crippen molar-refractivity contribution < 1.29 is 18.3 Å². The summed E-state index contributed by atoms with van der Waals surface area (Å²) in [4.78, 5) is 14.1. The molecule has 3 nitrogen and oxygen atoms in total. The van der Waals surface area contributed by atoms with E-state index in [2.05, 4.69) is 19.1 Å². The number of hydrogen-bond acceptors (Lipinski definition) is 4. The summed E-state index contributed by atoms with van der Waals surface area (Å²) in [5.41, 5.74) is 3.79. The normalized spacial score (nSPS) is 14.6. The first-order chi connectivity index (χ1) is 15.5. The van der Waals surface area contributed by atoms with Crippen molar-refractivity contribution in [1.82, 2.24) is 0 Å². The maximum atomic E-state index is 14.4. The lowest BCUT2D eigenvalue weighted by Crippen LogP contribution is -2.00. The molecule has 4 aromatic rings. The van der Waals surface area contributed by atoms with Crippen LogP contribution >= 0.6 is 11.3 Å². The Bertz CT molecular complexity index is 1300. The highest BCUT2D eigenvalue weighted by atomic mass is 32.1. The standard InChI is InChI=1S/C27H25FO3S/c1-27(14-15-27)24-13-12-23(32-24)19-11-10-17(28)16-21(19)26-20(7-5-9-25(29)30-2)18-6-3-4-8-22(18)31-26/h3-4,6,8,10-13,16H,5,7,9,14-15H2,1-2H3. The van der Waals surface area contributed by atoms with Crippen molar-refractivity contribution in [1.29, 1.82) is 0 Å². The molecule has 1 saturated carbocycles. The van der Waals surface area contributed by atoms with Crippen LogP contribution in [0.4, 0.5) is 4.39 Å². The molecule has 0 amide bonds. The van der Waals surface area contributed by atoms with Crippen molar-refractivity contribution in [3.63, 3.8) is 0 Å². The number of furan rings is 1. The molecule has 0 unspecified atom stereocenters. The van der Waals surface area contributed by atoms with Gasteiger partial charge in [-0.15, -0.1) is 11.3 Å². The predicted octanol–water partition coefficient (Wildman–Crippen LogP) is 7.51. The van der Waals surface area contributed by atoms with Crippen molar-refractivity contribution in [3.05, 3.63) is 70.9 Å². The number of fused-ring (bicyclic) bond motifs is 1. The van der Waals surface area contributed by atoms with Gasteiger partial charge in [-0.05, 0) is 62.1 Å². The molecule has 2 aromatic carbocycles. The number of hydrogen-bond donors (Lipinski definition) is 0. The summed E-state index contributed by atoms with van der Waals surface area (Å²) >= 11 is 1.78. The molecule has 1 aliphatic carbocycles. The van der Waals surface area contributed by atoms with E-state index in [1.165, 1.54) is 30.9 Å². The van der Waals surface area contributed by atoms with Gasteiger partial charge in [-0.3, -0.25) is 4.79 Å². The highest BCUT2D eigenvalue weighted by molar-refractivity contribution is 7.15. The summed E-state index contributed by atoms with van der Waals surface area (Å²) in [5, 5.41) is 1.000. The molecule has 0 saturated heterocycles. The quantitative estimate of drug-likeness (QED) is 0.275. The lowest BCUT2D eigenvalue weighted by molar-refractivity contribution is -0.140. The van der Waals surface area contributed by atoms with Gasteiger partial charge >= 0.3 is 5.97 Å². The second-order valence-electron chi connectivity index (χ2n) is 8.75. The first kappa shape index (κ1) is 21.0. The Morgan fingerprint density at radius 1 is 1.12 bits per heavy atom. The van der Waals surface area contributed by atoms with Gasteiger partial charge in [-0.2, -0.15) is 0 Å². The van der Waals surface area contributed by atoms with Crippen molar-refractivity contribution in [2.24, 2.45) is 0 Å². The molecule has 1 fully saturated rings. The van der Waals surface area contributed by atoms with Gasteiger partial charge in [0.2, 0.25) is 0 Å². The number of methoxy groups -OCH3 is 1. The van der Waals surface area contributed by atoms with E-state index in [4.69, 9.17) is 9.15 Å². The average molecular weight is 449 g/mol. The van der Waals surface area contributed by atoms with Crippen molar-refractivity contribution in [2.45, 2.75) is 44.4 Å². The molecule has 0 atom stereocenters. The third kappa shape index (κ3) is 3.86. The highest BCUT2D eigenvalue weighted by Crippen LogP contribution is 2.52. The summed E-state index contributed by atoms with van der Waals surface area (Å²) in [7, 11) is 1.40. The first-order valence-electron chi connectivity index (χ1n) is 11.0. The number of rotatable bonds is 7. The van der Waals surface area contributed by atoms with E-state index in [0.29, 0.717) is 30.4 Å². The first-order valence-corrected chi connectivity index (χ1v) is 11.8. The van der Waals surface area contributed by atoms with Crippen molar-refractivity contribution >= 4 is 28.3 Å². The minimum absolute atomic E-state index is 0.231. The fourth-order valence-electron chi connectivity index (χ4n) is 4.24. The van der Waals surface area contributed by atoms with E-state index >= 15 is 0 Å². The number of halogens is 1. The average Bonchev–Trinajstić information content (AvgIpc) is 3.22.